The summed E-state index contributed by atoms with van der Waals surface area (Å²) in [6.45, 7) is 0.412. The zero-order valence-corrected chi connectivity index (χ0v) is 18.8. The van der Waals surface area contributed by atoms with Crippen molar-refractivity contribution in [1.29, 1.82) is 0 Å². The number of esters is 2. The standard InChI is InChI=1S/C23H28N2O6S/c1-32-15-12-18(16-24-17-21(26)30-19-8-4-2-5-9-19)22(27)29-14-13-25-23(28)31-20-10-6-3-7-11-20/h2-11,18,24H,12-17H2,1H3,(H,25,28). The van der Waals surface area contributed by atoms with Crippen LogP contribution in [0.4, 0.5) is 4.79 Å². The van der Waals surface area contributed by atoms with Crippen LogP contribution in [0.3, 0.4) is 0 Å². The SMILES string of the molecule is CSCCC(CNCC(=O)Oc1ccccc1)C(=O)OCCNC(=O)Oc1ccccc1. The number of hydrogen-bond donors (Lipinski definition) is 2. The Morgan fingerprint density at radius 3 is 2.19 bits per heavy atom. The number of nitrogens with one attached hydrogen (secondary N) is 2. The summed E-state index contributed by atoms with van der Waals surface area (Å²) in [4.78, 5) is 36.1. The van der Waals surface area contributed by atoms with Crippen LogP contribution in [0, 0.1) is 5.92 Å². The first-order chi connectivity index (χ1) is 15.6. The average molecular weight is 461 g/mol. The number of rotatable bonds is 13. The van der Waals surface area contributed by atoms with Crippen molar-refractivity contribution in [2.45, 2.75) is 6.42 Å². The Bertz CT molecular complexity index is 835. The van der Waals surface area contributed by atoms with Crippen molar-refractivity contribution in [3.63, 3.8) is 0 Å². The van der Waals surface area contributed by atoms with Crippen LogP contribution in [0.5, 0.6) is 11.5 Å². The van der Waals surface area contributed by atoms with Gasteiger partial charge in [0.15, 0.2) is 0 Å². The minimum atomic E-state index is -0.621. The highest BCUT2D eigenvalue weighted by molar-refractivity contribution is 7.98. The second kappa shape index (κ2) is 14.9. The first-order valence-electron chi connectivity index (χ1n) is 10.2. The number of carbonyl (C=O) groups is 3. The van der Waals surface area contributed by atoms with Crippen molar-refractivity contribution in [2.75, 3.05) is 38.2 Å². The van der Waals surface area contributed by atoms with Gasteiger partial charge in [0.05, 0.1) is 19.0 Å². The minimum Gasteiger partial charge on any atom is -0.464 e. The van der Waals surface area contributed by atoms with Crippen molar-refractivity contribution in [1.82, 2.24) is 10.6 Å². The molecule has 2 aromatic rings. The van der Waals surface area contributed by atoms with Gasteiger partial charge in [-0.1, -0.05) is 36.4 Å². The fraction of sp³-hybridized carbons (Fsp3) is 0.348. The maximum absolute atomic E-state index is 12.4. The van der Waals surface area contributed by atoms with Gasteiger partial charge in [-0.3, -0.25) is 9.59 Å². The molecule has 2 aromatic carbocycles. The summed E-state index contributed by atoms with van der Waals surface area (Å²) in [5.41, 5.74) is 0. The van der Waals surface area contributed by atoms with Gasteiger partial charge >= 0.3 is 18.0 Å². The van der Waals surface area contributed by atoms with Crippen molar-refractivity contribution in [3.8, 4) is 11.5 Å². The van der Waals surface area contributed by atoms with E-state index in [-0.39, 0.29) is 32.2 Å². The van der Waals surface area contributed by atoms with Gasteiger partial charge in [-0.05, 0) is 42.7 Å². The third-order valence-electron chi connectivity index (χ3n) is 4.21. The quantitative estimate of drug-likeness (QED) is 0.267. The van der Waals surface area contributed by atoms with Crippen LogP contribution < -0.4 is 20.1 Å². The summed E-state index contributed by atoms with van der Waals surface area (Å²) in [5.74, 6) is 0.433. The summed E-state index contributed by atoms with van der Waals surface area (Å²) >= 11 is 1.62. The molecule has 0 aromatic heterocycles. The van der Waals surface area contributed by atoms with Crippen LogP contribution in [0.15, 0.2) is 60.7 Å². The second-order valence-electron chi connectivity index (χ2n) is 6.69. The van der Waals surface area contributed by atoms with E-state index in [1.54, 1.807) is 60.3 Å². The number of amides is 1. The molecule has 8 nitrogen and oxygen atoms in total. The molecule has 9 heteroatoms. The molecule has 0 aliphatic rings. The number of hydrogen-bond acceptors (Lipinski definition) is 8. The Balaban J connectivity index is 1.67. The average Bonchev–Trinajstić information content (AvgIpc) is 2.80. The monoisotopic (exact) mass is 460 g/mol. The van der Waals surface area contributed by atoms with Crippen LogP contribution >= 0.6 is 11.8 Å². The third kappa shape index (κ3) is 10.3. The fourth-order valence-electron chi connectivity index (χ4n) is 2.62. The molecule has 2 N–H and O–H groups in total. The van der Waals surface area contributed by atoms with E-state index < -0.39 is 18.0 Å². The molecule has 0 aliphatic carbocycles. The molecule has 32 heavy (non-hydrogen) atoms. The first-order valence-corrected chi connectivity index (χ1v) is 11.6. The smallest absolute Gasteiger partial charge is 0.412 e. The highest BCUT2D eigenvalue weighted by Crippen LogP contribution is 2.11. The summed E-state index contributed by atoms with van der Waals surface area (Å²) < 4.78 is 15.6. The summed E-state index contributed by atoms with van der Waals surface area (Å²) in [6.07, 6.45) is 1.93. The van der Waals surface area contributed by atoms with E-state index in [0.717, 1.165) is 5.75 Å². The van der Waals surface area contributed by atoms with Crippen LogP contribution in [-0.2, 0) is 14.3 Å². The van der Waals surface area contributed by atoms with E-state index in [9.17, 15) is 14.4 Å². The predicted molar refractivity (Wildman–Crippen MR) is 123 cm³/mol. The molecular weight excluding hydrogens is 432 g/mol. The minimum absolute atomic E-state index is 0.0224. The Morgan fingerprint density at radius 2 is 1.56 bits per heavy atom. The van der Waals surface area contributed by atoms with Crippen LogP contribution in [0.1, 0.15) is 6.42 Å². The largest absolute Gasteiger partial charge is 0.464 e. The number of thioether (sulfide) groups is 1. The van der Waals surface area contributed by atoms with Crippen molar-refractivity contribution < 1.29 is 28.6 Å². The number of carbonyl (C=O) groups excluding carboxylic acids is 3. The number of para-hydroxylation sites is 2. The molecule has 0 aliphatic heterocycles. The lowest BCUT2D eigenvalue weighted by Crippen LogP contribution is -2.36. The molecule has 1 atom stereocenters. The lowest BCUT2D eigenvalue weighted by atomic mass is 10.1. The number of ether oxygens (including phenoxy) is 3. The number of benzene rings is 2. The first kappa shape index (κ1) is 25.2. The van der Waals surface area contributed by atoms with E-state index in [1.807, 2.05) is 18.4 Å². The zero-order valence-electron chi connectivity index (χ0n) is 18.0. The van der Waals surface area contributed by atoms with Crippen LogP contribution in [-0.4, -0.2) is 56.3 Å². The van der Waals surface area contributed by atoms with E-state index in [4.69, 9.17) is 14.2 Å². The van der Waals surface area contributed by atoms with Crippen molar-refractivity contribution in [3.05, 3.63) is 60.7 Å². The molecule has 1 unspecified atom stereocenters. The van der Waals surface area contributed by atoms with E-state index >= 15 is 0 Å². The molecule has 0 spiro atoms. The van der Waals surface area contributed by atoms with Gasteiger partial charge in [-0.15, -0.1) is 0 Å². The van der Waals surface area contributed by atoms with Crippen molar-refractivity contribution >= 4 is 29.8 Å². The Labute approximate surface area is 192 Å². The van der Waals surface area contributed by atoms with E-state index in [1.165, 1.54) is 0 Å². The highest BCUT2D eigenvalue weighted by atomic mass is 32.2. The highest BCUT2D eigenvalue weighted by Gasteiger charge is 2.20. The molecule has 172 valence electrons. The molecule has 2 rings (SSSR count). The molecule has 0 fully saturated rings. The topological polar surface area (TPSA) is 103 Å². The van der Waals surface area contributed by atoms with Gasteiger partial charge in [0.2, 0.25) is 0 Å². The lowest BCUT2D eigenvalue weighted by Gasteiger charge is -2.16. The Kier molecular flexibility index (Phi) is 11.7. The Morgan fingerprint density at radius 1 is 0.938 bits per heavy atom. The third-order valence-corrected chi connectivity index (χ3v) is 4.85. The molecular formula is C23H28N2O6S. The maximum atomic E-state index is 12.4. The van der Waals surface area contributed by atoms with Crippen LogP contribution in [0.25, 0.3) is 0 Å². The van der Waals surface area contributed by atoms with E-state index in [2.05, 4.69) is 10.6 Å². The lowest BCUT2D eigenvalue weighted by molar-refractivity contribution is -0.148. The van der Waals surface area contributed by atoms with Crippen LogP contribution in [0.2, 0.25) is 0 Å². The normalized spacial score (nSPS) is 11.3. The molecule has 0 heterocycles. The van der Waals surface area contributed by atoms with Gasteiger partial charge in [-0.2, -0.15) is 11.8 Å². The van der Waals surface area contributed by atoms with Gasteiger partial charge in [0.1, 0.15) is 18.1 Å². The van der Waals surface area contributed by atoms with Gasteiger partial charge in [0, 0.05) is 6.54 Å². The second-order valence-corrected chi connectivity index (χ2v) is 7.68. The van der Waals surface area contributed by atoms with Gasteiger partial charge < -0.3 is 24.8 Å². The zero-order chi connectivity index (χ0) is 23.0. The van der Waals surface area contributed by atoms with Gasteiger partial charge in [0.25, 0.3) is 0 Å². The summed E-state index contributed by atoms with van der Waals surface area (Å²) in [6, 6.07) is 17.4. The van der Waals surface area contributed by atoms with Crippen molar-refractivity contribution in [2.24, 2.45) is 5.92 Å². The van der Waals surface area contributed by atoms with E-state index in [0.29, 0.717) is 17.9 Å². The molecule has 0 radical (unpaired) electrons. The molecule has 0 saturated heterocycles. The van der Waals surface area contributed by atoms with Gasteiger partial charge in [-0.25, -0.2) is 4.79 Å². The maximum Gasteiger partial charge on any atom is 0.412 e. The molecule has 1 amide bonds. The Hall–Kier alpha value is -3.04. The molecule has 0 bridgehead atoms. The predicted octanol–water partition coefficient (Wildman–Crippen LogP) is 2.88. The molecule has 0 saturated carbocycles. The fourth-order valence-corrected chi connectivity index (χ4v) is 3.14. The summed E-state index contributed by atoms with van der Waals surface area (Å²) in [7, 11) is 0. The summed E-state index contributed by atoms with van der Waals surface area (Å²) in [5, 5.41) is 5.49.